The lowest BCUT2D eigenvalue weighted by Crippen LogP contribution is -2.69. The Morgan fingerprint density at radius 2 is 1.85 bits per heavy atom. The van der Waals surface area contributed by atoms with Gasteiger partial charge >= 0.3 is 12.2 Å². The Balaban J connectivity index is 1.83. The van der Waals surface area contributed by atoms with Gasteiger partial charge in [-0.15, -0.1) is 11.3 Å². The first-order chi connectivity index (χ1) is 12.7. The van der Waals surface area contributed by atoms with E-state index in [2.05, 4.69) is 0 Å². The van der Waals surface area contributed by atoms with Crippen molar-refractivity contribution in [3.05, 3.63) is 58.3 Å². The number of alkyl halides is 3. The van der Waals surface area contributed by atoms with E-state index >= 15 is 0 Å². The number of rotatable bonds is 5. The van der Waals surface area contributed by atoms with E-state index in [9.17, 15) is 27.6 Å². The molecular formula is C17H14F3N3O3S. The third kappa shape index (κ3) is 3.52. The van der Waals surface area contributed by atoms with Crippen LogP contribution in [-0.4, -0.2) is 41.1 Å². The first-order valence-corrected chi connectivity index (χ1v) is 8.73. The van der Waals surface area contributed by atoms with Crippen LogP contribution in [0.5, 0.6) is 0 Å². The predicted octanol–water partition coefficient (Wildman–Crippen LogP) is 2.53. The Morgan fingerprint density at radius 1 is 1.15 bits per heavy atom. The molecule has 0 saturated carbocycles. The average molecular weight is 397 g/mol. The quantitative estimate of drug-likeness (QED) is 0.761. The monoisotopic (exact) mass is 397 g/mol. The Bertz CT molecular complexity index is 855. The molecule has 1 fully saturated rings. The highest BCUT2D eigenvalue weighted by Crippen LogP contribution is 2.34. The van der Waals surface area contributed by atoms with Gasteiger partial charge in [0.2, 0.25) is 0 Å². The van der Waals surface area contributed by atoms with Gasteiger partial charge in [-0.2, -0.15) is 13.2 Å². The number of hydrogen-bond acceptors (Lipinski definition) is 4. The molecule has 0 unspecified atom stereocenters. The van der Waals surface area contributed by atoms with E-state index in [-0.39, 0.29) is 17.8 Å². The van der Waals surface area contributed by atoms with E-state index in [0.717, 1.165) is 16.9 Å². The molecule has 10 heteroatoms. The second kappa shape index (κ2) is 7.03. The number of urea groups is 1. The van der Waals surface area contributed by atoms with Crippen LogP contribution in [0.4, 0.5) is 18.0 Å². The van der Waals surface area contributed by atoms with Crippen molar-refractivity contribution in [1.82, 2.24) is 15.5 Å². The maximum Gasteiger partial charge on any atom is 0.440 e. The van der Waals surface area contributed by atoms with Gasteiger partial charge in [0.05, 0.1) is 4.88 Å². The highest BCUT2D eigenvalue weighted by atomic mass is 32.1. The third-order valence-electron chi connectivity index (χ3n) is 4.04. The Labute approximate surface area is 156 Å². The fraction of sp³-hybridized carbons (Fsp3) is 0.235. The summed E-state index contributed by atoms with van der Waals surface area (Å²) in [6.07, 6.45) is -5.03. The number of thiophene rings is 1. The number of nitrogens with zero attached hydrogens (tertiary/aromatic N) is 1. The summed E-state index contributed by atoms with van der Waals surface area (Å²) in [6, 6.07) is 10.3. The zero-order valence-corrected chi connectivity index (χ0v) is 14.6. The summed E-state index contributed by atoms with van der Waals surface area (Å²) < 4.78 is 41.1. The lowest BCUT2D eigenvalue weighted by Gasteiger charge is -2.29. The molecular weight excluding hydrogens is 383 g/mol. The highest BCUT2D eigenvalue weighted by Gasteiger charge is 2.68. The molecule has 0 aliphatic carbocycles. The van der Waals surface area contributed by atoms with Crippen molar-refractivity contribution in [3.63, 3.8) is 0 Å². The molecule has 1 aliphatic rings. The van der Waals surface area contributed by atoms with Crippen molar-refractivity contribution >= 4 is 29.2 Å². The van der Waals surface area contributed by atoms with Crippen LogP contribution < -0.4 is 10.6 Å². The zero-order chi connectivity index (χ0) is 19.7. The molecule has 27 heavy (non-hydrogen) atoms. The van der Waals surface area contributed by atoms with Crippen LogP contribution in [-0.2, 0) is 11.2 Å². The minimum Gasteiger partial charge on any atom is -0.313 e. The predicted molar refractivity (Wildman–Crippen MR) is 91.0 cm³/mol. The Kier molecular flexibility index (Phi) is 4.92. The number of nitrogens with one attached hydrogen (secondary N) is 2. The topological polar surface area (TPSA) is 78.5 Å². The molecule has 2 N–H and O–H groups in total. The second-order valence-corrected chi connectivity index (χ2v) is 6.75. The maximum atomic E-state index is 13.7. The fourth-order valence-electron chi connectivity index (χ4n) is 2.65. The molecule has 1 aromatic heterocycles. The number of hydrogen-bond donors (Lipinski definition) is 2. The van der Waals surface area contributed by atoms with Crippen LogP contribution in [0.1, 0.15) is 15.2 Å². The second-order valence-electron chi connectivity index (χ2n) is 5.80. The van der Waals surface area contributed by atoms with Crippen molar-refractivity contribution in [2.75, 3.05) is 6.54 Å². The summed E-state index contributed by atoms with van der Waals surface area (Å²) in [5.74, 6) is -2.65. The van der Waals surface area contributed by atoms with Crippen LogP contribution >= 0.6 is 11.3 Å². The minimum absolute atomic E-state index is 0.0107. The SMILES string of the molecule is O=C(N[C@]1(C(F)(F)F)NC(=O)N(CCc2ccccc2)C1=O)c1cccs1. The molecule has 1 atom stereocenters. The lowest BCUT2D eigenvalue weighted by atomic mass is 10.1. The van der Waals surface area contributed by atoms with E-state index in [0.29, 0.717) is 4.90 Å². The summed E-state index contributed by atoms with van der Waals surface area (Å²) in [7, 11) is 0. The molecule has 1 aromatic carbocycles. The molecule has 6 nitrogen and oxygen atoms in total. The molecule has 142 valence electrons. The van der Waals surface area contributed by atoms with Gasteiger partial charge in [0.1, 0.15) is 0 Å². The number of amides is 4. The van der Waals surface area contributed by atoms with Crippen molar-refractivity contribution < 1.29 is 27.6 Å². The van der Waals surface area contributed by atoms with Crippen molar-refractivity contribution in [1.29, 1.82) is 0 Å². The summed E-state index contributed by atoms with van der Waals surface area (Å²) >= 11 is 0.917. The lowest BCUT2D eigenvalue weighted by molar-refractivity contribution is -0.200. The van der Waals surface area contributed by atoms with E-state index in [1.54, 1.807) is 41.0 Å². The van der Waals surface area contributed by atoms with Crippen LogP contribution in [0.15, 0.2) is 47.8 Å². The molecule has 0 spiro atoms. The number of carbonyl (C=O) groups excluding carboxylic acids is 3. The summed E-state index contributed by atoms with van der Waals surface area (Å²) in [5.41, 5.74) is -2.73. The Hall–Kier alpha value is -2.88. The van der Waals surface area contributed by atoms with Crippen molar-refractivity contribution in [2.24, 2.45) is 0 Å². The standard InChI is InChI=1S/C17H14F3N3O3S/c18-17(19,20)16(21-13(24)12-7-4-10-27-12)14(25)23(15(26)22-16)9-8-11-5-2-1-3-6-11/h1-7,10H,8-9H2,(H,21,24)(H,22,26)/t16-/m0/s1. The molecule has 1 aliphatic heterocycles. The average Bonchev–Trinajstić information content (AvgIpc) is 3.22. The molecule has 1 saturated heterocycles. The number of imide groups is 1. The molecule has 4 amide bonds. The summed E-state index contributed by atoms with van der Waals surface area (Å²) in [5, 5.41) is 4.80. The first kappa shape index (κ1) is 18.9. The number of benzene rings is 1. The third-order valence-corrected chi connectivity index (χ3v) is 4.91. The van der Waals surface area contributed by atoms with Crippen LogP contribution in [0, 0.1) is 0 Å². The maximum absolute atomic E-state index is 13.7. The fourth-order valence-corrected chi connectivity index (χ4v) is 3.27. The van der Waals surface area contributed by atoms with Gasteiger partial charge < -0.3 is 5.32 Å². The number of carbonyl (C=O) groups is 3. The van der Waals surface area contributed by atoms with Crippen LogP contribution in [0.25, 0.3) is 0 Å². The smallest absolute Gasteiger partial charge is 0.313 e. The molecule has 2 heterocycles. The van der Waals surface area contributed by atoms with Gasteiger partial charge in [-0.25, -0.2) is 4.79 Å². The van der Waals surface area contributed by atoms with E-state index in [1.807, 2.05) is 0 Å². The van der Waals surface area contributed by atoms with E-state index in [1.165, 1.54) is 17.5 Å². The van der Waals surface area contributed by atoms with Crippen LogP contribution in [0.3, 0.4) is 0 Å². The molecule has 0 bridgehead atoms. The van der Waals surface area contributed by atoms with E-state index < -0.39 is 29.7 Å². The minimum atomic E-state index is -5.21. The molecule has 0 radical (unpaired) electrons. The normalized spacial score (nSPS) is 19.9. The van der Waals surface area contributed by atoms with Crippen LogP contribution in [0.2, 0.25) is 0 Å². The summed E-state index contributed by atoms with van der Waals surface area (Å²) in [6.45, 7) is -0.249. The largest absolute Gasteiger partial charge is 0.440 e. The van der Waals surface area contributed by atoms with Gasteiger partial charge in [-0.3, -0.25) is 19.8 Å². The highest BCUT2D eigenvalue weighted by molar-refractivity contribution is 7.12. The van der Waals surface area contributed by atoms with E-state index in [4.69, 9.17) is 0 Å². The van der Waals surface area contributed by atoms with Gasteiger partial charge in [-0.05, 0) is 23.4 Å². The zero-order valence-electron chi connectivity index (χ0n) is 13.7. The van der Waals surface area contributed by atoms with Crippen molar-refractivity contribution in [3.8, 4) is 0 Å². The molecule has 3 rings (SSSR count). The van der Waals surface area contributed by atoms with Crippen molar-refractivity contribution in [2.45, 2.75) is 18.3 Å². The number of halogens is 3. The van der Waals surface area contributed by atoms with Gasteiger partial charge in [0.25, 0.3) is 17.5 Å². The summed E-state index contributed by atoms with van der Waals surface area (Å²) in [4.78, 5) is 37.2. The van der Waals surface area contributed by atoms with Gasteiger partial charge in [0, 0.05) is 6.54 Å². The molecule has 2 aromatic rings. The first-order valence-electron chi connectivity index (χ1n) is 7.85. The van der Waals surface area contributed by atoms with Gasteiger partial charge in [0.15, 0.2) is 0 Å². The van der Waals surface area contributed by atoms with Gasteiger partial charge in [-0.1, -0.05) is 36.4 Å². The Morgan fingerprint density at radius 3 is 2.44 bits per heavy atom.